The number of carbonyl (C=O) groups excluding carboxylic acids is 1. The van der Waals surface area contributed by atoms with Crippen LogP contribution in [0.1, 0.15) is 62.6 Å². The minimum atomic E-state index is -1.72. The maximum Gasteiger partial charge on any atom is 0.303 e. The zero-order chi connectivity index (χ0) is 31.5. The summed E-state index contributed by atoms with van der Waals surface area (Å²) < 4.78 is 31.5. The molecule has 1 aliphatic rings. The van der Waals surface area contributed by atoms with Crippen molar-refractivity contribution < 1.29 is 23.5 Å². The Labute approximate surface area is 260 Å². The number of amides is 1. The van der Waals surface area contributed by atoms with Gasteiger partial charge in [-0.2, -0.15) is 5.26 Å². The van der Waals surface area contributed by atoms with Crippen molar-refractivity contribution in [2.75, 3.05) is 5.32 Å². The molecule has 1 heterocycles. The lowest BCUT2D eigenvalue weighted by atomic mass is 9.62. The summed E-state index contributed by atoms with van der Waals surface area (Å²) in [6.07, 6.45) is 1.45. The van der Waals surface area contributed by atoms with E-state index in [4.69, 9.17) is 28.3 Å². The first-order valence-corrected chi connectivity index (χ1v) is 14.7. The second-order valence-electron chi connectivity index (χ2n) is 12.1. The van der Waals surface area contributed by atoms with E-state index in [1.807, 2.05) is 20.8 Å². The van der Waals surface area contributed by atoms with Crippen LogP contribution in [0.15, 0.2) is 60.7 Å². The van der Waals surface area contributed by atoms with Gasteiger partial charge < -0.3 is 15.7 Å². The van der Waals surface area contributed by atoms with Crippen LogP contribution >= 0.6 is 23.2 Å². The van der Waals surface area contributed by atoms with Gasteiger partial charge in [-0.1, -0.05) is 74.3 Å². The normalized spacial score (nSPS) is 21.8. The van der Waals surface area contributed by atoms with E-state index in [2.05, 4.69) is 16.7 Å². The monoisotopic (exact) mass is 627 g/mol. The fourth-order valence-corrected chi connectivity index (χ4v) is 6.32. The standard InChI is InChI=1S/C33H33Cl2F2N3O3/c1-32(2,3)17-26-33(18-38,23-15-12-20(34)16-25(23)36)28(22-7-5-8-24(35)29(22)37)30(40-26)31(43)39-21-13-10-19(11-14-21)6-4-9-27(41)42/h5,7-8,10-16,26,28,30,40H,4,6,9,17H2,1-3H3,(H,39,43)(H,41,42)/t26-,28-,30+,33-/m0/s1. The first kappa shape index (κ1) is 32.4. The van der Waals surface area contributed by atoms with E-state index in [-0.39, 0.29) is 33.0 Å². The van der Waals surface area contributed by atoms with Gasteiger partial charge in [-0.25, -0.2) is 8.78 Å². The van der Waals surface area contributed by atoms with Crippen molar-refractivity contribution in [2.45, 2.75) is 69.9 Å². The summed E-state index contributed by atoms with van der Waals surface area (Å²) in [5, 5.41) is 25.9. The summed E-state index contributed by atoms with van der Waals surface area (Å²) >= 11 is 12.3. The van der Waals surface area contributed by atoms with Crippen molar-refractivity contribution in [2.24, 2.45) is 5.41 Å². The number of halogens is 4. The highest BCUT2D eigenvalue weighted by Gasteiger charge is 2.61. The number of carboxylic acids is 1. The third-order valence-electron chi connectivity index (χ3n) is 7.81. The van der Waals surface area contributed by atoms with E-state index in [1.165, 1.54) is 30.3 Å². The van der Waals surface area contributed by atoms with Gasteiger partial charge in [-0.3, -0.25) is 9.59 Å². The average molecular weight is 629 g/mol. The molecule has 43 heavy (non-hydrogen) atoms. The molecule has 3 aromatic carbocycles. The Kier molecular flexibility index (Phi) is 9.80. The molecule has 3 N–H and O–H groups in total. The van der Waals surface area contributed by atoms with Gasteiger partial charge in [0.2, 0.25) is 5.91 Å². The van der Waals surface area contributed by atoms with Crippen LogP contribution in [0.25, 0.3) is 0 Å². The van der Waals surface area contributed by atoms with E-state index < -0.39 is 46.9 Å². The van der Waals surface area contributed by atoms with Gasteiger partial charge in [-0.15, -0.1) is 0 Å². The molecular weight excluding hydrogens is 595 g/mol. The van der Waals surface area contributed by atoms with Crippen LogP contribution in [0.3, 0.4) is 0 Å². The fourth-order valence-electron chi connectivity index (χ4n) is 5.98. The number of nitrogens with one attached hydrogen (secondary N) is 2. The molecule has 1 aliphatic heterocycles. The lowest BCUT2D eigenvalue weighted by Gasteiger charge is -2.37. The Morgan fingerprint density at radius 2 is 1.79 bits per heavy atom. The van der Waals surface area contributed by atoms with Crippen LogP contribution in [-0.4, -0.2) is 29.1 Å². The number of benzene rings is 3. The number of carboxylic acid groups (broad SMARTS) is 1. The zero-order valence-corrected chi connectivity index (χ0v) is 25.6. The molecule has 0 unspecified atom stereocenters. The molecule has 1 amide bonds. The average Bonchev–Trinajstić information content (AvgIpc) is 3.24. The number of carbonyl (C=O) groups is 2. The van der Waals surface area contributed by atoms with Crippen LogP contribution in [0, 0.1) is 28.4 Å². The number of aliphatic carboxylic acids is 1. The van der Waals surface area contributed by atoms with E-state index in [0.717, 1.165) is 11.6 Å². The molecule has 3 aromatic rings. The van der Waals surface area contributed by atoms with E-state index >= 15 is 8.78 Å². The number of nitriles is 1. The SMILES string of the molecule is CC(C)(C)C[C@@H]1N[C@@H](C(=O)Nc2ccc(CCCC(=O)O)cc2)[C@H](c2cccc(Cl)c2F)[C@@]1(C#N)c1ccc(Cl)cc1F. The Bertz CT molecular complexity index is 1550. The van der Waals surface area contributed by atoms with Crippen LogP contribution in [-0.2, 0) is 21.4 Å². The predicted molar refractivity (Wildman–Crippen MR) is 163 cm³/mol. The first-order chi connectivity index (χ1) is 20.3. The maximum atomic E-state index is 15.8. The van der Waals surface area contributed by atoms with Crippen molar-refractivity contribution >= 4 is 40.8 Å². The quantitative estimate of drug-likeness (QED) is 0.226. The number of nitrogens with zero attached hydrogens (tertiary/aromatic N) is 1. The number of hydrogen-bond donors (Lipinski definition) is 3. The number of rotatable bonds is 9. The number of hydrogen-bond acceptors (Lipinski definition) is 4. The highest BCUT2D eigenvalue weighted by molar-refractivity contribution is 6.31. The van der Waals surface area contributed by atoms with E-state index in [1.54, 1.807) is 24.3 Å². The topological polar surface area (TPSA) is 102 Å². The third-order valence-corrected chi connectivity index (χ3v) is 8.34. The van der Waals surface area contributed by atoms with Gasteiger partial charge in [0.05, 0.1) is 17.1 Å². The highest BCUT2D eigenvalue weighted by Crippen LogP contribution is 2.52. The molecule has 226 valence electrons. The Morgan fingerprint density at radius 3 is 2.40 bits per heavy atom. The van der Waals surface area contributed by atoms with Crippen molar-refractivity contribution in [3.8, 4) is 6.07 Å². The minimum absolute atomic E-state index is 0.00605. The van der Waals surface area contributed by atoms with Crippen LogP contribution < -0.4 is 10.6 Å². The summed E-state index contributed by atoms with van der Waals surface area (Å²) in [6.45, 7) is 5.90. The van der Waals surface area contributed by atoms with Crippen molar-refractivity contribution in [1.29, 1.82) is 5.26 Å². The highest BCUT2D eigenvalue weighted by atomic mass is 35.5. The lowest BCUT2D eigenvalue weighted by molar-refractivity contribution is -0.137. The second-order valence-corrected chi connectivity index (χ2v) is 13.0. The molecule has 10 heteroatoms. The summed E-state index contributed by atoms with van der Waals surface area (Å²) in [7, 11) is 0. The van der Waals surface area contributed by atoms with Gasteiger partial charge in [-0.05, 0) is 66.1 Å². The largest absolute Gasteiger partial charge is 0.481 e. The second kappa shape index (κ2) is 13.0. The molecule has 1 saturated heterocycles. The zero-order valence-electron chi connectivity index (χ0n) is 24.1. The number of anilines is 1. The van der Waals surface area contributed by atoms with Gasteiger partial charge in [0, 0.05) is 34.7 Å². The third kappa shape index (κ3) is 7.01. The van der Waals surface area contributed by atoms with Gasteiger partial charge >= 0.3 is 5.97 Å². The van der Waals surface area contributed by atoms with Crippen LogP contribution in [0.4, 0.5) is 14.5 Å². The van der Waals surface area contributed by atoms with E-state index in [0.29, 0.717) is 24.9 Å². The molecule has 1 fully saturated rings. The van der Waals surface area contributed by atoms with Crippen LogP contribution in [0.5, 0.6) is 0 Å². The molecular formula is C33H33Cl2F2N3O3. The predicted octanol–water partition coefficient (Wildman–Crippen LogP) is 7.64. The summed E-state index contributed by atoms with van der Waals surface area (Å²) in [4.78, 5) is 24.8. The van der Waals surface area contributed by atoms with Crippen molar-refractivity contribution in [3.63, 3.8) is 0 Å². The van der Waals surface area contributed by atoms with Gasteiger partial charge in [0.25, 0.3) is 0 Å². The molecule has 4 rings (SSSR count). The van der Waals surface area contributed by atoms with Gasteiger partial charge in [0.1, 0.15) is 17.0 Å². The minimum Gasteiger partial charge on any atom is -0.481 e. The molecule has 0 aromatic heterocycles. The Hall–Kier alpha value is -3.51. The smallest absolute Gasteiger partial charge is 0.303 e. The van der Waals surface area contributed by atoms with Gasteiger partial charge in [0.15, 0.2) is 0 Å². The summed E-state index contributed by atoms with van der Waals surface area (Å²) in [5.41, 5.74) is -0.693. The molecule has 0 radical (unpaired) electrons. The lowest BCUT2D eigenvalue weighted by Crippen LogP contribution is -2.45. The number of aryl methyl sites for hydroxylation is 1. The molecule has 0 spiro atoms. The maximum absolute atomic E-state index is 15.8. The molecule has 0 saturated carbocycles. The Morgan fingerprint density at radius 1 is 1.09 bits per heavy atom. The fraction of sp³-hybridized carbons (Fsp3) is 0.364. The van der Waals surface area contributed by atoms with Crippen LogP contribution in [0.2, 0.25) is 10.0 Å². The Balaban J connectivity index is 1.81. The molecule has 4 atom stereocenters. The van der Waals surface area contributed by atoms with Crippen molar-refractivity contribution in [3.05, 3.63) is 99.0 Å². The summed E-state index contributed by atoms with van der Waals surface area (Å²) in [5.74, 6) is -4.09. The van der Waals surface area contributed by atoms with Crippen molar-refractivity contribution in [1.82, 2.24) is 5.32 Å². The molecule has 0 bridgehead atoms. The molecule has 0 aliphatic carbocycles. The van der Waals surface area contributed by atoms with E-state index in [9.17, 15) is 14.9 Å². The summed E-state index contributed by atoms with van der Waals surface area (Å²) in [6, 6.07) is 15.8. The molecule has 6 nitrogen and oxygen atoms in total. The first-order valence-electron chi connectivity index (χ1n) is 13.9.